The van der Waals surface area contributed by atoms with E-state index in [1.165, 1.54) is 5.56 Å². The number of aliphatic carboxylic acids is 1. The summed E-state index contributed by atoms with van der Waals surface area (Å²) in [6.45, 7) is 2.62. The molecule has 0 spiro atoms. The summed E-state index contributed by atoms with van der Waals surface area (Å²) in [5, 5.41) is 9.39. The molecule has 1 aliphatic rings. The lowest BCUT2D eigenvalue weighted by Gasteiger charge is -2.37. The van der Waals surface area contributed by atoms with Crippen molar-refractivity contribution in [1.82, 2.24) is 0 Å². The Bertz CT molecular complexity index is 833. The largest absolute Gasteiger partial charge is 0.481 e. The van der Waals surface area contributed by atoms with Gasteiger partial charge in [-0.15, -0.1) is 0 Å². The zero-order valence-electron chi connectivity index (χ0n) is 15.9. The van der Waals surface area contributed by atoms with Crippen LogP contribution in [-0.2, 0) is 14.3 Å². The van der Waals surface area contributed by atoms with Crippen molar-refractivity contribution in [3.63, 3.8) is 0 Å². The molecule has 0 aliphatic carbocycles. The number of carbonyl (C=O) groups is 1. The molecule has 2 aromatic carbocycles. The smallest absolute Gasteiger partial charge is 0.303 e. The molecule has 1 fully saturated rings. The highest BCUT2D eigenvalue weighted by molar-refractivity contribution is 6.31. The molecule has 0 bridgehead atoms. The molecule has 4 nitrogen and oxygen atoms in total. The van der Waals surface area contributed by atoms with Crippen LogP contribution in [0.25, 0.3) is 0 Å². The van der Waals surface area contributed by atoms with Gasteiger partial charge < -0.3 is 14.6 Å². The number of hydrogen-bond donors (Lipinski definition) is 1. The summed E-state index contributed by atoms with van der Waals surface area (Å²) < 4.78 is 12.4. The van der Waals surface area contributed by atoms with Crippen LogP contribution in [0, 0.1) is 12.8 Å². The minimum Gasteiger partial charge on any atom is -0.481 e. The van der Waals surface area contributed by atoms with Crippen LogP contribution in [0.4, 0.5) is 0 Å². The Kier molecular flexibility index (Phi) is 7.26. The van der Waals surface area contributed by atoms with Crippen LogP contribution in [0.3, 0.4) is 0 Å². The molecule has 3 unspecified atom stereocenters. The maximum absolute atomic E-state index is 10.7. The summed E-state index contributed by atoms with van der Waals surface area (Å²) in [5.74, 6) is -0.643. The molecule has 0 radical (unpaired) electrons. The second-order valence-corrected chi connectivity index (χ2v) is 7.41. The average Bonchev–Trinajstić information content (AvgIpc) is 2.68. The van der Waals surface area contributed by atoms with Gasteiger partial charge in [0.25, 0.3) is 0 Å². The van der Waals surface area contributed by atoms with E-state index >= 15 is 0 Å². The molecule has 3 atom stereocenters. The minimum atomic E-state index is -0.783. The van der Waals surface area contributed by atoms with E-state index in [9.17, 15) is 4.79 Å². The fraction of sp³-hybridized carbons (Fsp3) is 0.348. The number of rotatable bonds is 7. The van der Waals surface area contributed by atoms with E-state index in [0.717, 1.165) is 17.5 Å². The topological polar surface area (TPSA) is 55.8 Å². The maximum Gasteiger partial charge on any atom is 0.303 e. The first-order valence-corrected chi connectivity index (χ1v) is 9.88. The van der Waals surface area contributed by atoms with Crippen LogP contribution in [0.2, 0.25) is 5.02 Å². The van der Waals surface area contributed by atoms with Gasteiger partial charge in [-0.25, -0.2) is 0 Å². The van der Waals surface area contributed by atoms with Gasteiger partial charge in [-0.1, -0.05) is 66.2 Å². The van der Waals surface area contributed by atoms with E-state index in [1.54, 1.807) is 0 Å². The first kappa shape index (κ1) is 20.6. The zero-order chi connectivity index (χ0) is 19.9. The first-order chi connectivity index (χ1) is 13.6. The van der Waals surface area contributed by atoms with Gasteiger partial charge in [-0.05, 0) is 37.0 Å². The van der Waals surface area contributed by atoms with E-state index in [-0.39, 0.29) is 18.4 Å². The Labute approximate surface area is 170 Å². The van der Waals surface area contributed by atoms with Gasteiger partial charge in [0, 0.05) is 22.9 Å². The Balaban J connectivity index is 1.77. The zero-order valence-corrected chi connectivity index (χ0v) is 16.6. The highest BCUT2D eigenvalue weighted by atomic mass is 35.5. The van der Waals surface area contributed by atoms with Gasteiger partial charge in [-0.3, -0.25) is 4.79 Å². The van der Waals surface area contributed by atoms with E-state index in [2.05, 4.69) is 19.1 Å². The SMILES string of the molecule is Cc1ccccc1C1OC(c2ccccc2Cl)OCC1C/C=C\CCC(=O)O. The van der Waals surface area contributed by atoms with Crippen LogP contribution in [0.5, 0.6) is 0 Å². The van der Waals surface area contributed by atoms with E-state index in [1.807, 2.05) is 48.6 Å². The van der Waals surface area contributed by atoms with E-state index in [4.69, 9.17) is 26.2 Å². The average molecular weight is 401 g/mol. The summed E-state index contributed by atoms with van der Waals surface area (Å²) >= 11 is 6.34. The number of allylic oxidation sites excluding steroid dienone is 2. The van der Waals surface area contributed by atoms with Crippen molar-refractivity contribution in [2.24, 2.45) is 5.92 Å². The minimum absolute atomic E-state index is 0.125. The van der Waals surface area contributed by atoms with E-state index < -0.39 is 12.3 Å². The number of hydrogen-bond acceptors (Lipinski definition) is 3. The third kappa shape index (κ3) is 5.22. The summed E-state index contributed by atoms with van der Waals surface area (Å²) in [6, 6.07) is 15.8. The molecule has 0 saturated carbocycles. The molecule has 1 heterocycles. The molecule has 3 rings (SSSR count). The fourth-order valence-electron chi connectivity index (χ4n) is 3.43. The molecule has 0 aromatic heterocycles. The Hall–Kier alpha value is -2.14. The van der Waals surface area contributed by atoms with Gasteiger partial charge in [0.1, 0.15) is 0 Å². The molecule has 0 amide bonds. The lowest BCUT2D eigenvalue weighted by Crippen LogP contribution is -2.31. The lowest BCUT2D eigenvalue weighted by atomic mass is 9.89. The quantitative estimate of drug-likeness (QED) is 0.591. The van der Waals surface area contributed by atoms with Crippen molar-refractivity contribution < 1.29 is 19.4 Å². The van der Waals surface area contributed by atoms with Gasteiger partial charge in [0.15, 0.2) is 6.29 Å². The molecular weight excluding hydrogens is 376 g/mol. The number of aryl methyl sites for hydroxylation is 1. The second kappa shape index (κ2) is 9.87. The van der Waals surface area contributed by atoms with Crippen molar-refractivity contribution >= 4 is 17.6 Å². The number of benzene rings is 2. The number of halogens is 1. The number of carboxylic acid groups (broad SMARTS) is 1. The summed E-state index contributed by atoms with van der Waals surface area (Å²) in [5.41, 5.74) is 3.15. The molecule has 28 heavy (non-hydrogen) atoms. The maximum atomic E-state index is 10.7. The summed E-state index contributed by atoms with van der Waals surface area (Å²) in [4.78, 5) is 10.7. The molecule has 1 N–H and O–H groups in total. The van der Waals surface area contributed by atoms with Crippen molar-refractivity contribution in [2.45, 2.75) is 38.6 Å². The van der Waals surface area contributed by atoms with Gasteiger partial charge >= 0.3 is 5.97 Å². The highest BCUT2D eigenvalue weighted by Gasteiger charge is 2.34. The molecular formula is C23H25ClO4. The second-order valence-electron chi connectivity index (χ2n) is 7.00. The Morgan fingerprint density at radius 2 is 1.86 bits per heavy atom. The highest BCUT2D eigenvalue weighted by Crippen LogP contribution is 2.42. The van der Waals surface area contributed by atoms with Crippen LogP contribution < -0.4 is 0 Å². The molecule has 2 aromatic rings. The van der Waals surface area contributed by atoms with Gasteiger partial charge in [0.2, 0.25) is 0 Å². The Morgan fingerprint density at radius 3 is 2.57 bits per heavy atom. The van der Waals surface area contributed by atoms with Crippen LogP contribution in [-0.4, -0.2) is 17.7 Å². The fourth-order valence-corrected chi connectivity index (χ4v) is 3.66. The van der Waals surface area contributed by atoms with Gasteiger partial charge in [-0.2, -0.15) is 0 Å². The predicted molar refractivity (Wildman–Crippen MR) is 109 cm³/mol. The standard InChI is InChI=1S/C23H25ClO4/c1-16-9-5-6-11-18(16)22-17(10-3-2-4-14-21(25)26)15-27-23(28-22)19-12-7-8-13-20(19)24/h2-3,5-9,11-13,17,22-23H,4,10,14-15H2,1H3,(H,25,26)/b3-2-. The van der Waals surface area contributed by atoms with Crippen molar-refractivity contribution in [2.75, 3.05) is 6.61 Å². The van der Waals surface area contributed by atoms with Crippen molar-refractivity contribution in [3.8, 4) is 0 Å². The van der Waals surface area contributed by atoms with Gasteiger partial charge in [0.05, 0.1) is 12.7 Å². The van der Waals surface area contributed by atoms with E-state index in [0.29, 0.717) is 18.1 Å². The third-order valence-corrected chi connectivity index (χ3v) is 5.29. The predicted octanol–water partition coefficient (Wildman–Crippen LogP) is 5.86. The molecule has 5 heteroatoms. The monoisotopic (exact) mass is 400 g/mol. The Morgan fingerprint density at radius 1 is 1.14 bits per heavy atom. The van der Waals surface area contributed by atoms with Crippen LogP contribution in [0.15, 0.2) is 60.7 Å². The normalized spacial score (nSPS) is 22.4. The van der Waals surface area contributed by atoms with Crippen LogP contribution >= 0.6 is 11.6 Å². The number of carboxylic acids is 1. The van der Waals surface area contributed by atoms with Crippen molar-refractivity contribution in [1.29, 1.82) is 0 Å². The number of ether oxygens (including phenoxy) is 2. The lowest BCUT2D eigenvalue weighted by molar-refractivity contribution is -0.244. The molecule has 1 aliphatic heterocycles. The first-order valence-electron chi connectivity index (χ1n) is 9.50. The molecule has 1 saturated heterocycles. The van der Waals surface area contributed by atoms with Crippen molar-refractivity contribution in [3.05, 3.63) is 82.4 Å². The summed E-state index contributed by atoms with van der Waals surface area (Å²) in [7, 11) is 0. The molecule has 148 valence electrons. The van der Waals surface area contributed by atoms with Crippen LogP contribution in [0.1, 0.15) is 48.3 Å². The summed E-state index contributed by atoms with van der Waals surface area (Å²) in [6.07, 6.45) is 4.75. The third-order valence-electron chi connectivity index (χ3n) is 4.94.